The summed E-state index contributed by atoms with van der Waals surface area (Å²) in [6.45, 7) is 2.17. The number of aryl methyl sites for hydroxylation is 1. The molecule has 3 aromatic rings. The summed E-state index contributed by atoms with van der Waals surface area (Å²) in [4.78, 5) is 32.7. The number of amides is 2. The van der Waals surface area contributed by atoms with E-state index in [0.29, 0.717) is 28.6 Å². The average Bonchev–Trinajstić information content (AvgIpc) is 3.11. The van der Waals surface area contributed by atoms with Crippen molar-refractivity contribution in [3.05, 3.63) is 58.8 Å². The van der Waals surface area contributed by atoms with E-state index >= 15 is 0 Å². The number of nitrogens with zero attached hydrogens (tertiary/aromatic N) is 3. The van der Waals surface area contributed by atoms with Gasteiger partial charge in [-0.25, -0.2) is 9.37 Å². The van der Waals surface area contributed by atoms with Gasteiger partial charge in [-0.1, -0.05) is 17.3 Å². The fraction of sp³-hybridized carbons (Fsp3) is 0.333. The molecular weight excluding hydrogens is 407 g/mol. The normalized spacial score (nSPS) is 22.1. The maximum atomic E-state index is 13.8. The van der Waals surface area contributed by atoms with Crippen LogP contribution in [0.3, 0.4) is 0 Å². The number of piperidine rings is 1. The van der Waals surface area contributed by atoms with Crippen molar-refractivity contribution in [1.82, 2.24) is 20.4 Å². The number of aromatic nitrogens is 2. The van der Waals surface area contributed by atoms with Gasteiger partial charge in [-0.05, 0) is 43.4 Å². The maximum absolute atomic E-state index is 13.8. The van der Waals surface area contributed by atoms with E-state index in [4.69, 9.17) is 4.52 Å². The summed E-state index contributed by atoms with van der Waals surface area (Å²) in [7, 11) is 0. The first-order valence-corrected chi connectivity index (χ1v) is 10.6. The van der Waals surface area contributed by atoms with E-state index in [1.54, 1.807) is 12.1 Å². The monoisotopic (exact) mass is 426 g/mol. The average molecular weight is 426 g/mol. The van der Waals surface area contributed by atoms with Crippen molar-refractivity contribution in [2.24, 2.45) is 5.92 Å². The highest BCUT2D eigenvalue weighted by Gasteiger charge is 2.54. The Hall–Kier alpha value is -3.07. The number of carbonyl (C=O) groups is 2. The van der Waals surface area contributed by atoms with Crippen LogP contribution in [0.15, 0.2) is 41.1 Å². The summed E-state index contributed by atoms with van der Waals surface area (Å²) in [6, 6.07) is 7.77. The summed E-state index contributed by atoms with van der Waals surface area (Å²) in [6.07, 6.45) is 3.15. The molecule has 0 spiro atoms. The van der Waals surface area contributed by atoms with Crippen LogP contribution in [0.2, 0.25) is 0 Å². The fourth-order valence-electron chi connectivity index (χ4n) is 4.21. The number of thiazole rings is 1. The zero-order valence-electron chi connectivity index (χ0n) is 16.2. The fourth-order valence-corrected chi connectivity index (χ4v) is 5.11. The molecule has 30 heavy (non-hydrogen) atoms. The SMILES string of the molecule is Cc1nc(C(=O)N2[C@H](CNC(=O)c3ccon3)C[C@@H]3C[C@@H]32)c(-c2cccc(F)c2)s1. The highest BCUT2D eigenvalue weighted by atomic mass is 32.1. The first kappa shape index (κ1) is 18.9. The standard InChI is InChI=1S/C21H19FN4O3S/c1-11-24-18(19(30-11)12-3-2-4-14(22)7-12)21(28)26-15(8-13-9-17(13)26)10-23-20(27)16-5-6-29-25-16/h2-7,13,15,17H,8-10H2,1H3,(H,23,27)/t13-,15+,17+/m1/s1. The number of rotatable bonds is 5. The zero-order chi connectivity index (χ0) is 20.8. The minimum atomic E-state index is -0.353. The van der Waals surface area contributed by atoms with Crippen molar-refractivity contribution in [3.63, 3.8) is 0 Å². The van der Waals surface area contributed by atoms with Gasteiger partial charge < -0.3 is 14.7 Å². The third-order valence-corrected chi connectivity index (χ3v) is 6.66. The summed E-state index contributed by atoms with van der Waals surface area (Å²) in [5.74, 6) is -0.389. The lowest BCUT2D eigenvalue weighted by Crippen LogP contribution is -2.45. The second kappa shape index (κ2) is 7.32. The van der Waals surface area contributed by atoms with Gasteiger partial charge >= 0.3 is 0 Å². The van der Waals surface area contributed by atoms with Crippen molar-refractivity contribution in [2.45, 2.75) is 31.8 Å². The number of benzene rings is 1. The van der Waals surface area contributed by atoms with Crippen LogP contribution < -0.4 is 5.32 Å². The van der Waals surface area contributed by atoms with Crippen LogP contribution in [-0.2, 0) is 0 Å². The minimum Gasteiger partial charge on any atom is -0.364 e. The van der Waals surface area contributed by atoms with E-state index in [1.807, 2.05) is 11.8 Å². The van der Waals surface area contributed by atoms with E-state index in [1.165, 1.54) is 35.8 Å². The molecular formula is C21H19FN4O3S. The molecule has 2 aliphatic rings. The van der Waals surface area contributed by atoms with Crippen LogP contribution >= 0.6 is 11.3 Å². The smallest absolute Gasteiger partial charge is 0.274 e. The van der Waals surface area contributed by atoms with Crippen LogP contribution in [0.4, 0.5) is 4.39 Å². The first-order chi connectivity index (χ1) is 14.5. The molecule has 3 atom stereocenters. The molecule has 1 aliphatic carbocycles. The topological polar surface area (TPSA) is 88.3 Å². The lowest BCUT2D eigenvalue weighted by atomic mass is 10.1. The quantitative estimate of drug-likeness (QED) is 0.676. The largest absolute Gasteiger partial charge is 0.364 e. The number of likely N-dealkylation sites (tertiary alicyclic amines) is 1. The summed E-state index contributed by atoms with van der Waals surface area (Å²) in [5.41, 5.74) is 1.20. The highest BCUT2D eigenvalue weighted by Crippen LogP contribution is 2.48. The number of hydrogen-bond acceptors (Lipinski definition) is 6. The van der Waals surface area contributed by atoms with Crippen LogP contribution in [0.5, 0.6) is 0 Å². The Morgan fingerprint density at radius 1 is 1.33 bits per heavy atom. The Balaban J connectivity index is 1.38. The predicted octanol–water partition coefficient (Wildman–Crippen LogP) is 3.28. The summed E-state index contributed by atoms with van der Waals surface area (Å²) >= 11 is 1.38. The van der Waals surface area contributed by atoms with E-state index < -0.39 is 0 Å². The number of nitrogens with one attached hydrogen (secondary N) is 1. The number of carbonyl (C=O) groups excluding carboxylic acids is 2. The lowest BCUT2D eigenvalue weighted by molar-refractivity contribution is 0.0684. The van der Waals surface area contributed by atoms with E-state index in [0.717, 1.165) is 17.8 Å². The summed E-state index contributed by atoms with van der Waals surface area (Å²) in [5, 5.41) is 7.23. The highest BCUT2D eigenvalue weighted by molar-refractivity contribution is 7.15. The maximum Gasteiger partial charge on any atom is 0.274 e. The van der Waals surface area contributed by atoms with Crippen molar-refractivity contribution in [1.29, 1.82) is 0 Å². The molecule has 3 heterocycles. The molecule has 154 valence electrons. The third-order valence-electron chi connectivity index (χ3n) is 5.64. The molecule has 1 aromatic carbocycles. The van der Waals surface area contributed by atoms with Crippen LogP contribution in [0.1, 0.15) is 38.8 Å². The second-order valence-corrected chi connectivity index (χ2v) is 8.88. The molecule has 1 saturated carbocycles. The van der Waals surface area contributed by atoms with Gasteiger partial charge in [-0.2, -0.15) is 0 Å². The molecule has 9 heteroatoms. The minimum absolute atomic E-state index is 0.112. The van der Waals surface area contributed by atoms with Crippen molar-refractivity contribution in [2.75, 3.05) is 6.54 Å². The molecule has 1 N–H and O–H groups in total. The van der Waals surface area contributed by atoms with Gasteiger partial charge in [0.15, 0.2) is 5.69 Å². The molecule has 5 rings (SSSR count). The molecule has 7 nitrogen and oxygen atoms in total. The molecule has 1 aliphatic heterocycles. The molecule has 0 radical (unpaired) electrons. The van der Waals surface area contributed by atoms with Gasteiger partial charge in [0.2, 0.25) is 0 Å². The van der Waals surface area contributed by atoms with Gasteiger partial charge in [0, 0.05) is 18.7 Å². The Labute approximate surface area is 175 Å². The van der Waals surface area contributed by atoms with Gasteiger partial charge in [-0.15, -0.1) is 11.3 Å². The van der Waals surface area contributed by atoms with E-state index in [-0.39, 0.29) is 35.4 Å². The molecule has 2 amide bonds. The Bertz CT molecular complexity index is 1110. The van der Waals surface area contributed by atoms with Gasteiger partial charge in [0.05, 0.1) is 15.9 Å². The van der Waals surface area contributed by atoms with Crippen molar-refractivity contribution >= 4 is 23.2 Å². The number of hydrogen-bond donors (Lipinski definition) is 1. The van der Waals surface area contributed by atoms with Gasteiger partial charge in [-0.3, -0.25) is 9.59 Å². The Morgan fingerprint density at radius 3 is 2.97 bits per heavy atom. The molecule has 0 unspecified atom stereocenters. The number of fused-ring (bicyclic) bond motifs is 1. The summed E-state index contributed by atoms with van der Waals surface area (Å²) < 4.78 is 18.5. The van der Waals surface area contributed by atoms with Crippen LogP contribution in [-0.4, -0.2) is 45.5 Å². The van der Waals surface area contributed by atoms with Gasteiger partial charge in [0.25, 0.3) is 11.8 Å². The Morgan fingerprint density at radius 2 is 2.20 bits per heavy atom. The molecule has 2 fully saturated rings. The van der Waals surface area contributed by atoms with E-state index in [9.17, 15) is 14.0 Å². The number of halogens is 1. The molecule has 2 aromatic heterocycles. The molecule has 0 bridgehead atoms. The van der Waals surface area contributed by atoms with Gasteiger partial charge in [0.1, 0.15) is 17.8 Å². The predicted molar refractivity (Wildman–Crippen MR) is 108 cm³/mol. The second-order valence-electron chi connectivity index (χ2n) is 7.68. The van der Waals surface area contributed by atoms with E-state index in [2.05, 4.69) is 15.5 Å². The lowest BCUT2D eigenvalue weighted by Gasteiger charge is -2.27. The zero-order valence-corrected chi connectivity index (χ0v) is 17.0. The van der Waals surface area contributed by atoms with Crippen molar-refractivity contribution in [3.8, 4) is 10.4 Å². The van der Waals surface area contributed by atoms with Crippen LogP contribution in [0.25, 0.3) is 10.4 Å². The Kier molecular flexibility index (Phi) is 4.62. The van der Waals surface area contributed by atoms with Crippen molar-refractivity contribution < 1.29 is 18.5 Å². The third kappa shape index (κ3) is 3.39. The first-order valence-electron chi connectivity index (χ1n) is 9.76. The molecule has 1 saturated heterocycles. The van der Waals surface area contributed by atoms with Crippen LogP contribution in [0, 0.1) is 18.7 Å².